The molecule has 1 fully saturated rings. The Bertz CT molecular complexity index is 856. The molecule has 2 atom stereocenters. The van der Waals surface area contributed by atoms with Crippen LogP contribution < -0.4 is 21.6 Å². The highest BCUT2D eigenvalue weighted by atomic mass is 16.5. The third kappa shape index (κ3) is 8.12. The lowest BCUT2D eigenvalue weighted by molar-refractivity contribution is -0.143. The Morgan fingerprint density at radius 3 is 2.67 bits per heavy atom. The molecular formula is C23H37N5O5. The number of carbonyl (C=O) groups is 2. The number of amides is 1. The number of hydrazine groups is 1. The zero-order chi connectivity index (χ0) is 24.5. The van der Waals surface area contributed by atoms with Crippen molar-refractivity contribution >= 4 is 17.8 Å². The Labute approximate surface area is 195 Å². The second kappa shape index (κ2) is 12.3. The van der Waals surface area contributed by atoms with E-state index in [2.05, 4.69) is 24.1 Å². The molecule has 0 radical (unpaired) electrons. The number of aromatic nitrogens is 1. The van der Waals surface area contributed by atoms with E-state index in [4.69, 9.17) is 21.1 Å². The molecule has 10 nitrogen and oxygen atoms in total. The molecule has 1 aliphatic carbocycles. The summed E-state index contributed by atoms with van der Waals surface area (Å²) in [6.45, 7) is 6.34. The topological polar surface area (TPSA) is 153 Å². The van der Waals surface area contributed by atoms with Crippen molar-refractivity contribution in [2.75, 3.05) is 20.2 Å². The molecule has 1 heterocycles. The van der Waals surface area contributed by atoms with Gasteiger partial charge in [-0.05, 0) is 57.1 Å². The number of aliphatic carboxylic acids is 1. The monoisotopic (exact) mass is 463 g/mol. The minimum absolute atomic E-state index is 0.0803. The maximum Gasteiger partial charge on any atom is 0.407 e. The molecule has 0 spiro atoms. The van der Waals surface area contributed by atoms with E-state index in [1.165, 1.54) is 5.01 Å². The molecule has 2 unspecified atom stereocenters. The van der Waals surface area contributed by atoms with Crippen molar-refractivity contribution in [2.24, 2.45) is 23.4 Å². The molecule has 2 rings (SSSR count). The van der Waals surface area contributed by atoms with Gasteiger partial charge in [-0.25, -0.2) is 15.6 Å². The van der Waals surface area contributed by atoms with Crippen molar-refractivity contribution in [3.05, 3.63) is 29.2 Å². The Balaban J connectivity index is 2.06. The minimum Gasteiger partial charge on any atom is -0.489 e. The fourth-order valence-electron chi connectivity index (χ4n) is 3.63. The number of likely N-dealkylation sites (N-methyl/N-ethyl adjacent to an activating group) is 1. The van der Waals surface area contributed by atoms with E-state index in [-0.39, 0.29) is 18.6 Å². The van der Waals surface area contributed by atoms with Gasteiger partial charge in [0.25, 0.3) is 0 Å². The molecule has 0 aromatic carbocycles. The van der Waals surface area contributed by atoms with E-state index in [9.17, 15) is 14.7 Å². The number of carboxylic acids is 1. The van der Waals surface area contributed by atoms with Crippen molar-refractivity contribution < 1.29 is 24.2 Å². The second-order valence-corrected chi connectivity index (χ2v) is 8.86. The lowest BCUT2D eigenvalue weighted by Crippen LogP contribution is -2.36. The largest absolute Gasteiger partial charge is 0.489 e. The first-order valence-electron chi connectivity index (χ1n) is 11.3. The number of hydrogen-bond donors (Lipinski definition) is 4. The van der Waals surface area contributed by atoms with Crippen LogP contribution in [0.25, 0.3) is 5.70 Å². The molecule has 1 saturated carbocycles. The van der Waals surface area contributed by atoms with Crippen molar-refractivity contribution in [3.63, 3.8) is 0 Å². The molecule has 1 aromatic heterocycles. The lowest BCUT2D eigenvalue weighted by atomic mass is 9.87. The van der Waals surface area contributed by atoms with Crippen LogP contribution in [0.2, 0.25) is 0 Å². The van der Waals surface area contributed by atoms with Crippen LogP contribution in [0, 0.1) is 18.8 Å². The van der Waals surface area contributed by atoms with E-state index in [1.54, 1.807) is 26.1 Å². The van der Waals surface area contributed by atoms with Gasteiger partial charge in [0, 0.05) is 7.05 Å². The van der Waals surface area contributed by atoms with Crippen LogP contribution in [0.1, 0.15) is 57.3 Å². The van der Waals surface area contributed by atoms with Gasteiger partial charge in [0.1, 0.15) is 5.75 Å². The summed E-state index contributed by atoms with van der Waals surface area (Å²) in [5.41, 5.74) is 8.24. The number of aryl methyl sites for hydroxylation is 1. The number of carboxylic acid groups (broad SMARTS) is 1. The summed E-state index contributed by atoms with van der Waals surface area (Å²) in [5.74, 6) is 5.82. The number of nitrogens with one attached hydrogen (secondary N) is 1. The van der Waals surface area contributed by atoms with Crippen LogP contribution in [0.5, 0.6) is 5.75 Å². The molecule has 33 heavy (non-hydrogen) atoms. The molecule has 0 saturated heterocycles. The van der Waals surface area contributed by atoms with Gasteiger partial charge in [-0.2, -0.15) is 0 Å². The minimum atomic E-state index is -0.776. The quantitative estimate of drug-likeness (QED) is 0.303. The summed E-state index contributed by atoms with van der Waals surface area (Å²) in [6.07, 6.45) is 2.89. The molecule has 10 heteroatoms. The fourth-order valence-corrected chi connectivity index (χ4v) is 3.63. The standard InChI is InChI=1S/C23H37N5O5/c1-14(2)10-11-32-23(31)26-13-19(28(4)25)21(24)18-8-9-20(15(3)27-18)33-17-7-5-6-16(12-17)22(29)30/h8-9,14,16-17H,5-7,10-13,24-25H2,1-4H3,(H,26,31)(H,29,30)/b21-19-. The number of hydrogen-bond acceptors (Lipinski definition) is 8. The Morgan fingerprint density at radius 1 is 1.33 bits per heavy atom. The van der Waals surface area contributed by atoms with Gasteiger partial charge in [-0.15, -0.1) is 0 Å². The van der Waals surface area contributed by atoms with E-state index in [1.807, 2.05) is 0 Å². The van der Waals surface area contributed by atoms with Crippen molar-refractivity contribution in [3.8, 4) is 5.75 Å². The zero-order valence-corrected chi connectivity index (χ0v) is 20.0. The molecule has 0 aliphatic heterocycles. The Kier molecular flexibility index (Phi) is 9.77. The molecular weight excluding hydrogens is 426 g/mol. The predicted octanol–water partition coefficient (Wildman–Crippen LogP) is 2.62. The van der Waals surface area contributed by atoms with Gasteiger partial charge >= 0.3 is 12.1 Å². The molecule has 1 aliphatic rings. The average Bonchev–Trinajstić information content (AvgIpc) is 2.74. The Morgan fingerprint density at radius 2 is 2.06 bits per heavy atom. The number of ether oxygens (including phenoxy) is 2. The second-order valence-electron chi connectivity index (χ2n) is 8.86. The number of rotatable bonds is 10. The summed E-state index contributed by atoms with van der Waals surface area (Å²) in [5, 5.41) is 13.3. The highest BCUT2D eigenvalue weighted by Gasteiger charge is 2.28. The van der Waals surface area contributed by atoms with Crippen LogP contribution in [-0.2, 0) is 9.53 Å². The molecule has 1 amide bonds. The Hall–Kier alpha value is -3.01. The number of alkyl carbamates (subject to hydrolysis) is 1. The highest BCUT2D eigenvalue weighted by Crippen LogP contribution is 2.29. The van der Waals surface area contributed by atoms with Gasteiger partial charge in [-0.3, -0.25) is 4.79 Å². The number of carbonyl (C=O) groups excluding carboxylic acids is 1. The predicted molar refractivity (Wildman–Crippen MR) is 125 cm³/mol. The number of nitrogens with two attached hydrogens (primary N) is 2. The molecule has 6 N–H and O–H groups in total. The fraction of sp³-hybridized carbons (Fsp3) is 0.609. The van der Waals surface area contributed by atoms with Crippen LogP contribution in [0.15, 0.2) is 17.8 Å². The maximum absolute atomic E-state index is 11.9. The maximum atomic E-state index is 11.9. The van der Waals surface area contributed by atoms with Crippen LogP contribution in [0.3, 0.4) is 0 Å². The average molecular weight is 464 g/mol. The number of pyridine rings is 1. The summed E-state index contributed by atoms with van der Waals surface area (Å²) in [7, 11) is 1.63. The summed E-state index contributed by atoms with van der Waals surface area (Å²) >= 11 is 0. The van der Waals surface area contributed by atoms with E-state index in [0.717, 1.165) is 19.3 Å². The normalized spacial score (nSPS) is 19.0. The van der Waals surface area contributed by atoms with Crippen LogP contribution >= 0.6 is 0 Å². The SMILES string of the molecule is Cc1nc(/C(N)=C(\CNC(=O)OCCC(C)C)N(C)N)ccc1OC1CCCC(C(=O)O)C1. The highest BCUT2D eigenvalue weighted by molar-refractivity contribution is 5.70. The van der Waals surface area contributed by atoms with Crippen LogP contribution in [0.4, 0.5) is 4.79 Å². The lowest BCUT2D eigenvalue weighted by Gasteiger charge is -2.27. The van der Waals surface area contributed by atoms with Crippen LogP contribution in [-0.4, -0.2) is 53.5 Å². The van der Waals surface area contributed by atoms with E-state index in [0.29, 0.717) is 53.9 Å². The van der Waals surface area contributed by atoms with Gasteiger partial charge in [0.05, 0.1) is 48.0 Å². The first-order valence-corrected chi connectivity index (χ1v) is 11.3. The van der Waals surface area contributed by atoms with Gasteiger partial charge in [-0.1, -0.05) is 13.8 Å². The smallest absolute Gasteiger partial charge is 0.407 e. The van der Waals surface area contributed by atoms with E-state index < -0.39 is 12.1 Å². The zero-order valence-electron chi connectivity index (χ0n) is 20.0. The summed E-state index contributed by atoms with van der Waals surface area (Å²) < 4.78 is 11.2. The summed E-state index contributed by atoms with van der Waals surface area (Å²) in [4.78, 5) is 27.8. The van der Waals surface area contributed by atoms with Crippen molar-refractivity contribution in [1.82, 2.24) is 15.3 Å². The van der Waals surface area contributed by atoms with Crippen molar-refractivity contribution in [1.29, 1.82) is 0 Å². The molecule has 184 valence electrons. The molecule has 1 aromatic rings. The van der Waals surface area contributed by atoms with Gasteiger partial charge < -0.3 is 30.6 Å². The molecule has 0 bridgehead atoms. The van der Waals surface area contributed by atoms with Gasteiger partial charge in [0.2, 0.25) is 0 Å². The van der Waals surface area contributed by atoms with Gasteiger partial charge in [0.15, 0.2) is 0 Å². The van der Waals surface area contributed by atoms with E-state index >= 15 is 0 Å². The van der Waals surface area contributed by atoms with Crippen molar-refractivity contribution in [2.45, 2.75) is 59.0 Å². The summed E-state index contributed by atoms with van der Waals surface area (Å²) in [6, 6.07) is 3.50. The number of nitrogens with zero attached hydrogens (tertiary/aromatic N) is 2. The first kappa shape index (κ1) is 26.2. The first-order chi connectivity index (χ1) is 15.6. The third-order valence-corrected chi connectivity index (χ3v) is 5.65. The third-order valence-electron chi connectivity index (χ3n) is 5.65.